The molecule has 3 N–H and O–H groups in total. The molecule has 1 saturated heterocycles. The first-order valence-electron chi connectivity index (χ1n) is 14.6. The SMILES string of the molecule is O=C1CCN(C(=O)c2cc(C3CC3)cc([N+](=O)[O-])c2N[C@@H]2CCCC[C@@H]2NC(=O)c2cc(=O)[nH]c3ccccc23)CC1. The molecule has 3 aromatic rings. The van der Waals surface area contributed by atoms with Crippen LogP contribution in [-0.2, 0) is 4.79 Å². The summed E-state index contributed by atoms with van der Waals surface area (Å²) >= 11 is 0. The molecule has 2 heterocycles. The Kier molecular flexibility index (Phi) is 7.49. The number of hydrogen-bond acceptors (Lipinski definition) is 7. The summed E-state index contributed by atoms with van der Waals surface area (Å²) < 4.78 is 0. The Labute approximate surface area is 241 Å². The molecule has 2 aliphatic carbocycles. The highest BCUT2D eigenvalue weighted by molar-refractivity contribution is 6.06. The second-order valence-electron chi connectivity index (χ2n) is 11.5. The van der Waals surface area contributed by atoms with Crippen LogP contribution in [0, 0.1) is 10.1 Å². The predicted molar refractivity (Wildman–Crippen MR) is 157 cm³/mol. The number of carbonyl (C=O) groups is 3. The van der Waals surface area contributed by atoms with Crippen molar-refractivity contribution in [1.29, 1.82) is 0 Å². The Bertz CT molecular complexity index is 1630. The van der Waals surface area contributed by atoms with Crippen LogP contribution in [-0.4, -0.2) is 57.6 Å². The zero-order valence-corrected chi connectivity index (χ0v) is 23.2. The zero-order chi connectivity index (χ0) is 29.4. The number of H-pyrrole nitrogens is 1. The summed E-state index contributed by atoms with van der Waals surface area (Å²) in [6.07, 6.45) is 5.36. The number of benzene rings is 2. The van der Waals surface area contributed by atoms with Gasteiger partial charge < -0.3 is 20.5 Å². The van der Waals surface area contributed by atoms with E-state index in [4.69, 9.17) is 0 Å². The fourth-order valence-corrected chi connectivity index (χ4v) is 6.20. The molecule has 2 aromatic carbocycles. The summed E-state index contributed by atoms with van der Waals surface area (Å²) in [7, 11) is 0. The number of pyridine rings is 1. The van der Waals surface area contributed by atoms with Gasteiger partial charge in [-0.05, 0) is 49.3 Å². The van der Waals surface area contributed by atoms with Crippen LogP contribution < -0.4 is 16.2 Å². The van der Waals surface area contributed by atoms with E-state index in [9.17, 15) is 29.3 Å². The van der Waals surface area contributed by atoms with E-state index < -0.39 is 10.8 Å². The Hall–Kier alpha value is -4.54. The molecule has 2 atom stereocenters. The van der Waals surface area contributed by atoms with Crippen LogP contribution in [0.15, 0.2) is 47.3 Å². The number of piperidine rings is 1. The molecule has 42 heavy (non-hydrogen) atoms. The van der Waals surface area contributed by atoms with Crippen LogP contribution in [0.3, 0.4) is 0 Å². The molecule has 11 heteroatoms. The first-order chi connectivity index (χ1) is 20.3. The number of aromatic nitrogens is 1. The molecule has 0 radical (unpaired) electrons. The minimum Gasteiger partial charge on any atom is -0.374 e. The van der Waals surface area contributed by atoms with E-state index >= 15 is 0 Å². The fourth-order valence-electron chi connectivity index (χ4n) is 6.20. The highest BCUT2D eigenvalue weighted by atomic mass is 16.6. The standard InChI is InChI=1S/C31H33N5O6/c37-20-11-13-35(14-12-20)31(40)23-15-19(18-9-10-18)16-27(36(41)42)29(23)33-25-7-3-4-8-26(25)34-30(39)22-17-28(38)32-24-6-2-1-5-21(22)24/h1-2,5-6,15-18,25-26,33H,3-4,7-14H2,(H,32,38)(H,34,39)/t25-,26+/m1/s1. The van der Waals surface area contributed by atoms with Gasteiger partial charge in [0.2, 0.25) is 5.56 Å². The molecule has 2 saturated carbocycles. The van der Waals surface area contributed by atoms with Crippen LogP contribution in [0.1, 0.15) is 83.6 Å². The predicted octanol–water partition coefficient (Wildman–Crippen LogP) is 4.27. The van der Waals surface area contributed by atoms with Crippen molar-refractivity contribution in [2.75, 3.05) is 18.4 Å². The third kappa shape index (κ3) is 5.63. The molecule has 1 aromatic heterocycles. The number of nitro groups is 1. The molecular weight excluding hydrogens is 538 g/mol. The minimum atomic E-state index is -0.455. The monoisotopic (exact) mass is 571 g/mol. The van der Waals surface area contributed by atoms with Gasteiger partial charge >= 0.3 is 0 Å². The zero-order valence-electron chi connectivity index (χ0n) is 23.2. The van der Waals surface area contributed by atoms with Gasteiger partial charge in [-0.25, -0.2) is 0 Å². The molecule has 0 spiro atoms. The summed E-state index contributed by atoms with van der Waals surface area (Å²) in [6.45, 7) is 0.565. The summed E-state index contributed by atoms with van der Waals surface area (Å²) in [6, 6.07) is 10.9. The molecular formula is C31H33N5O6. The van der Waals surface area contributed by atoms with Crippen molar-refractivity contribution < 1.29 is 19.3 Å². The Balaban J connectivity index is 1.32. The molecule has 0 unspecified atom stereocenters. The Morgan fingerprint density at radius 2 is 1.64 bits per heavy atom. The lowest BCUT2D eigenvalue weighted by atomic mass is 9.89. The van der Waals surface area contributed by atoms with Crippen LogP contribution >= 0.6 is 0 Å². The van der Waals surface area contributed by atoms with E-state index in [-0.39, 0.29) is 83.7 Å². The third-order valence-electron chi connectivity index (χ3n) is 8.63. The average Bonchev–Trinajstić information content (AvgIpc) is 3.83. The number of nitrogens with one attached hydrogen (secondary N) is 3. The van der Waals surface area contributed by atoms with Gasteiger partial charge in [-0.15, -0.1) is 0 Å². The van der Waals surface area contributed by atoms with Crippen molar-refractivity contribution >= 4 is 39.9 Å². The van der Waals surface area contributed by atoms with Gasteiger partial charge in [0.15, 0.2) is 0 Å². The van der Waals surface area contributed by atoms with Crippen molar-refractivity contribution in [3.05, 3.63) is 79.6 Å². The lowest BCUT2D eigenvalue weighted by Crippen LogP contribution is -2.49. The second-order valence-corrected chi connectivity index (χ2v) is 11.5. The number of fused-ring (bicyclic) bond motifs is 1. The third-order valence-corrected chi connectivity index (χ3v) is 8.63. The maximum atomic E-state index is 13.8. The second kappa shape index (κ2) is 11.4. The topological polar surface area (TPSA) is 155 Å². The normalized spacial score (nSPS) is 20.8. The molecule has 6 rings (SSSR count). The number of rotatable bonds is 7. The van der Waals surface area contributed by atoms with Gasteiger partial charge in [-0.1, -0.05) is 31.0 Å². The van der Waals surface area contributed by atoms with Crippen molar-refractivity contribution in [1.82, 2.24) is 15.2 Å². The fraction of sp³-hybridized carbons (Fsp3) is 0.419. The number of nitro benzene ring substituents is 1. The Morgan fingerprint density at radius 1 is 0.929 bits per heavy atom. The highest BCUT2D eigenvalue weighted by Crippen LogP contribution is 2.44. The molecule has 3 aliphatic rings. The maximum Gasteiger partial charge on any atom is 0.293 e. The number of nitrogens with zero attached hydrogens (tertiary/aromatic N) is 2. The number of ketones is 1. The molecule has 218 valence electrons. The number of para-hydroxylation sites is 1. The number of aromatic amines is 1. The van der Waals surface area contributed by atoms with E-state index in [0.29, 0.717) is 23.7 Å². The summed E-state index contributed by atoms with van der Waals surface area (Å²) in [5.41, 5.74) is 1.43. The van der Waals surface area contributed by atoms with Gasteiger partial charge in [0.25, 0.3) is 17.5 Å². The number of Topliss-reactive ketones (excluding diaryl/α,β-unsaturated/α-hetero) is 1. The quantitative estimate of drug-likeness (QED) is 0.283. The molecule has 11 nitrogen and oxygen atoms in total. The smallest absolute Gasteiger partial charge is 0.293 e. The Morgan fingerprint density at radius 3 is 2.36 bits per heavy atom. The lowest BCUT2D eigenvalue weighted by molar-refractivity contribution is -0.384. The summed E-state index contributed by atoms with van der Waals surface area (Å²) in [5, 5.41) is 19.4. The van der Waals surface area contributed by atoms with E-state index in [0.717, 1.165) is 31.2 Å². The van der Waals surface area contributed by atoms with Gasteiger partial charge in [0, 0.05) is 61.1 Å². The maximum absolute atomic E-state index is 13.8. The van der Waals surface area contributed by atoms with E-state index in [1.54, 1.807) is 41.3 Å². The number of anilines is 1. The lowest BCUT2D eigenvalue weighted by Gasteiger charge is -2.34. The van der Waals surface area contributed by atoms with Crippen LogP contribution in [0.4, 0.5) is 11.4 Å². The van der Waals surface area contributed by atoms with E-state index in [1.807, 2.05) is 0 Å². The van der Waals surface area contributed by atoms with Gasteiger partial charge in [-0.3, -0.25) is 29.3 Å². The first-order valence-corrected chi connectivity index (χ1v) is 14.6. The van der Waals surface area contributed by atoms with Crippen molar-refractivity contribution in [3.8, 4) is 0 Å². The molecule has 1 aliphatic heterocycles. The summed E-state index contributed by atoms with van der Waals surface area (Å²) in [5.74, 6) is -0.437. The minimum absolute atomic E-state index is 0.101. The molecule has 0 bridgehead atoms. The number of likely N-dealkylation sites (tertiary alicyclic amines) is 1. The average molecular weight is 572 g/mol. The number of hydrogen-bond donors (Lipinski definition) is 3. The van der Waals surface area contributed by atoms with Gasteiger partial charge in [-0.2, -0.15) is 0 Å². The van der Waals surface area contributed by atoms with Gasteiger partial charge in [0.05, 0.1) is 16.1 Å². The van der Waals surface area contributed by atoms with Crippen molar-refractivity contribution in [2.24, 2.45) is 0 Å². The molecule has 2 amide bonds. The van der Waals surface area contributed by atoms with Crippen LogP contribution in [0.2, 0.25) is 0 Å². The van der Waals surface area contributed by atoms with Gasteiger partial charge in [0.1, 0.15) is 11.5 Å². The number of carbonyl (C=O) groups excluding carboxylic acids is 3. The van der Waals surface area contributed by atoms with Crippen molar-refractivity contribution in [3.63, 3.8) is 0 Å². The van der Waals surface area contributed by atoms with E-state index in [1.165, 1.54) is 6.07 Å². The summed E-state index contributed by atoms with van der Waals surface area (Å²) in [4.78, 5) is 67.6. The molecule has 3 fully saturated rings. The van der Waals surface area contributed by atoms with Crippen LogP contribution in [0.25, 0.3) is 10.9 Å². The highest BCUT2D eigenvalue weighted by Gasteiger charge is 2.35. The van der Waals surface area contributed by atoms with Crippen LogP contribution in [0.5, 0.6) is 0 Å². The largest absolute Gasteiger partial charge is 0.374 e. The first kappa shape index (κ1) is 27.6. The number of amides is 2. The van der Waals surface area contributed by atoms with E-state index in [2.05, 4.69) is 15.6 Å². The van der Waals surface area contributed by atoms with Crippen molar-refractivity contribution in [2.45, 2.75) is 69.4 Å².